The van der Waals surface area contributed by atoms with Crippen molar-refractivity contribution in [3.05, 3.63) is 29.6 Å². The maximum atomic E-state index is 13.3. The van der Waals surface area contributed by atoms with Crippen LogP contribution >= 0.6 is 11.8 Å². The normalized spacial score (nSPS) is 20.4. The highest BCUT2D eigenvalue weighted by Crippen LogP contribution is 2.20. The molecule has 86 valence electrons. The van der Waals surface area contributed by atoms with Crippen molar-refractivity contribution >= 4 is 22.6 Å². The first-order valence-electron chi connectivity index (χ1n) is 5.39. The number of anilines is 1. The predicted molar refractivity (Wildman–Crippen MR) is 68.7 cm³/mol. The van der Waals surface area contributed by atoms with Gasteiger partial charge in [0.15, 0.2) is 5.17 Å². The van der Waals surface area contributed by atoms with Crippen molar-refractivity contribution in [2.24, 2.45) is 4.99 Å². The van der Waals surface area contributed by atoms with Crippen LogP contribution in [0.3, 0.4) is 0 Å². The molecular formula is C12H15FN2S. The molecule has 1 aliphatic rings. The zero-order chi connectivity index (χ0) is 11.5. The highest BCUT2D eigenvalue weighted by Gasteiger charge is 2.11. The minimum Gasteiger partial charge on any atom is -0.335 e. The minimum absolute atomic E-state index is 0.181. The van der Waals surface area contributed by atoms with Crippen LogP contribution in [0.1, 0.15) is 18.9 Å². The van der Waals surface area contributed by atoms with Crippen molar-refractivity contribution in [3.8, 4) is 0 Å². The summed E-state index contributed by atoms with van der Waals surface area (Å²) in [5.74, 6) is 0.890. The van der Waals surface area contributed by atoms with Gasteiger partial charge in [0, 0.05) is 11.4 Å². The number of nitrogens with one attached hydrogen (secondary N) is 1. The van der Waals surface area contributed by atoms with Crippen molar-refractivity contribution in [1.82, 2.24) is 0 Å². The van der Waals surface area contributed by atoms with Gasteiger partial charge in [-0.2, -0.15) is 0 Å². The van der Waals surface area contributed by atoms with Crippen molar-refractivity contribution in [3.63, 3.8) is 0 Å². The highest BCUT2D eigenvalue weighted by molar-refractivity contribution is 8.14. The van der Waals surface area contributed by atoms with Crippen LogP contribution in [0.25, 0.3) is 0 Å². The number of amidine groups is 1. The zero-order valence-electron chi connectivity index (χ0n) is 9.46. The van der Waals surface area contributed by atoms with Gasteiger partial charge in [0.05, 0.1) is 6.04 Å². The SMILES string of the molecule is Cc1ccc(NC2=NC(C)CCS2)cc1F. The Labute approximate surface area is 99.3 Å². The van der Waals surface area contributed by atoms with E-state index in [1.54, 1.807) is 24.8 Å². The van der Waals surface area contributed by atoms with Gasteiger partial charge < -0.3 is 5.32 Å². The van der Waals surface area contributed by atoms with Gasteiger partial charge in [-0.25, -0.2) is 4.39 Å². The topological polar surface area (TPSA) is 24.4 Å². The molecule has 0 amide bonds. The maximum Gasteiger partial charge on any atom is 0.161 e. The molecule has 0 radical (unpaired) electrons. The fraction of sp³-hybridized carbons (Fsp3) is 0.417. The lowest BCUT2D eigenvalue weighted by atomic mass is 10.2. The average molecular weight is 238 g/mol. The Morgan fingerprint density at radius 1 is 1.50 bits per heavy atom. The summed E-state index contributed by atoms with van der Waals surface area (Å²) >= 11 is 1.69. The van der Waals surface area contributed by atoms with Gasteiger partial charge in [0.1, 0.15) is 5.82 Å². The van der Waals surface area contributed by atoms with Crippen LogP contribution in [0, 0.1) is 12.7 Å². The molecule has 0 saturated carbocycles. The molecule has 1 aromatic carbocycles. The smallest absolute Gasteiger partial charge is 0.161 e. The summed E-state index contributed by atoms with van der Waals surface area (Å²) in [6.45, 7) is 3.85. The first kappa shape index (κ1) is 11.5. The van der Waals surface area contributed by atoms with Crippen LogP contribution in [0.5, 0.6) is 0 Å². The van der Waals surface area contributed by atoms with Gasteiger partial charge in [-0.15, -0.1) is 0 Å². The Balaban J connectivity index is 2.11. The molecule has 1 heterocycles. The van der Waals surface area contributed by atoms with Crippen LogP contribution in [-0.2, 0) is 0 Å². The first-order chi connectivity index (χ1) is 7.65. The second kappa shape index (κ2) is 4.87. The molecule has 2 rings (SSSR count). The molecule has 1 aromatic rings. The van der Waals surface area contributed by atoms with Crippen LogP contribution in [-0.4, -0.2) is 17.0 Å². The first-order valence-corrected chi connectivity index (χ1v) is 6.37. The van der Waals surface area contributed by atoms with Gasteiger partial charge in [0.2, 0.25) is 0 Å². The molecule has 0 bridgehead atoms. The number of rotatable bonds is 1. The third-order valence-electron chi connectivity index (χ3n) is 2.54. The summed E-state index contributed by atoms with van der Waals surface area (Å²) in [5, 5.41) is 4.04. The molecule has 0 aromatic heterocycles. The minimum atomic E-state index is -0.181. The predicted octanol–water partition coefficient (Wildman–Crippen LogP) is 3.43. The van der Waals surface area contributed by atoms with E-state index >= 15 is 0 Å². The summed E-state index contributed by atoms with van der Waals surface area (Å²) in [4.78, 5) is 4.48. The second-order valence-corrected chi connectivity index (χ2v) is 5.09. The molecule has 1 atom stereocenters. The number of benzene rings is 1. The van der Waals surface area contributed by atoms with E-state index in [1.165, 1.54) is 6.07 Å². The monoisotopic (exact) mass is 238 g/mol. The number of aliphatic imine (C=N–C) groups is 1. The van der Waals surface area contributed by atoms with Crippen molar-refractivity contribution in [1.29, 1.82) is 0 Å². The van der Waals surface area contributed by atoms with E-state index in [0.717, 1.165) is 23.0 Å². The molecule has 0 fully saturated rings. The summed E-state index contributed by atoms with van der Waals surface area (Å²) in [5.41, 5.74) is 1.43. The standard InChI is InChI=1S/C12H15FN2S/c1-8-3-4-10(7-11(8)13)15-12-14-9(2)5-6-16-12/h3-4,7,9H,5-6H2,1-2H3,(H,14,15). The number of nitrogens with zero attached hydrogens (tertiary/aromatic N) is 1. The van der Waals surface area contributed by atoms with Crippen LogP contribution in [0.4, 0.5) is 10.1 Å². The van der Waals surface area contributed by atoms with Crippen LogP contribution in [0.2, 0.25) is 0 Å². The lowest BCUT2D eigenvalue weighted by Crippen LogP contribution is -2.18. The van der Waals surface area contributed by atoms with Crippen molar-refractivity contribution < 1.29 is 4.39 Å². The van der Waals surface area contributed by atoms with Gasteiger partial charge in [0.25, 0.3) is 0 Å². The molecule has 1 N–H and O–H groups in total. The Hall–Kier alpha value is -1.03. The van der Waals surface area contributed by atoms with E-state index in [0.29, 0.717) is 11.6 Å². The molecular weight excluding hydrogens is 223 g/mol. The fourth-order valence-electron chi connectivity index (χ4n) is 1.49. The summed E-state index contributed by atoms with van der Waals surface area (Å²) in [6, 6.07) is 5.52. The largest absolute Gasteiger partial charge is 0.335 e. The Morgan fingerprint density at radius 3 is 3.00 bits per heavy atom. The molecule has 0 saturated heterocycles. The summed E-state index contributed by atoms with van der Waals surface area (Å²) in [6.07, 6.45) is 1.11. The average Bonchev–Trinajstić information content (AvgIpc) is 2.24. The van der Waals surface area contributed by atoms with E-state index < -0.39 is 0 Å². The third-order valence-corrected chi connectivity index (χ3v) is 3.46. The second-order valence-electron chi connectivity index (χ2n) is 4.01. The van der Waals surface area contributed by atoms with Crippen LogP contribution < -0.4 is 5.32 Å². The van der Waals surface area contributed by atoms with E-state index in [1.807, 2.05) is 6.07 Å². The molecule has 1 aliphatic heterocycles. The zero-order valence-corrected chi connectivity index (χ0v) is 10.3. The number of hydrogen-bond donors (Lipinski definition) is 1. The highest BCUT2D eigenvalue weighted by atomic mass is 32.2. The number of hydrogen-bond acceptors (Lipinski definition) is 3. The van der Waals surface area contributed by atoms with Gasteiger partial charge in [-0.1, -0.05) is 17.8 Å². The molecule has 1 unspecified atom stereocenters. The molecule has 0 spiro atoms. The number of aryl methyl sites for hydroxylation is 1. The quantitative estimate of drug-likeness (QED) is 0.810. The number of halogens is 1. The molecule has 2 nitrogen and oxygen atoms in total. The van der Waals surface area contributed by atoms with E-state index in [-0.39, 0.29) is 5.82 Å². The van der Waals surface area contributed by atoms with Crippen molar-refractivity contribution in [2.75, 3.05) is 11.1 Å². The van der Waals surface area contributed by atoms with Crippen LogP contribution in [0.15, 0.2) is 23.2 Å². The lowest BCUT2D eigenvalue weighted by Gasteiger charge is -2.17. The third kappa shape index (κ3) is 2.76. The Bertz CT molecular complexity index is 417. The lowest BCUT2D eigenvalue weighted by molar-refractivity contribution is 0.619. The Kier molecular flexibility index (Phi) is 3.49. The van der Waals surface area contributed by atoms with E-state index in [2.05, 4.69) is 17.2 Å². The molecule has 4 heteroatoms. The van der Waals surface area contributed by atoms with E-state index in [9.17, 15) is 4.39 Å². The summed E-state index contributed by atoms with van der Waals surface area (Å²) < 4.78 is 13.3. The van der Waals surface area contributed by atoms with E-state index in [4.69, 9.17) is 0 Å². The fourth-order valence-corrected chi connectivity index (χ4v) is 2.59. The van der Waals surface area contributed by atoms with Crippen molar-refractivity contribution in [2.45, 2.75) is 26.3 Å². The van der Waals surface area contributed by atoms with Gasteiger partial charge in [-0.05, 0) is 38.0 Å². The molecule has 16 heavy (non-hydrogen) atoms. The summed E-state index contributed by atoms with van der Waals surface area (Å²) in [7, 11) is 0. The van der Waals surface area contributed by atoms with Gasteiger partial charge in [-0.3, -0.25) is 4.99 Å². The van der Waals surface area contributed by atoms with Gasteiger partial charge >= 0.3 is 0 Å². The number of thioether (sulfide) groups is 1. The maximum absolute atomic E-state index is 13.3. The molecule has 0 aliphatic carbocycles. The Morgan fingerprint density at radius 2 is 2.31 bits per heavy atom.